The van der Waals surface area contributed by atoms with Gasteiger partial charge in [-0.05, 0) is 31.4 Å². The molecule has 162 valence electrons. The number of hydrogen-bond acceptors (Lipinski definition) is 4. The first-order valence-electron chi connectivity index (χ1n) is 9.33. The molecule has 3 heterocycles. The van der Waals surface area contributed by atoms with Gasteiger partial charge in [-0.15, -0.1) is 12.8 Å². The number of primary amides is 1. The fourth-order valence-electron chi connectivity index (χ4n) is 3.55. The van der Waals surface area contributed by atoms with E-state index >= 15 is 0 Å². The van der Waals surface area contributed by atoms with Crippen LogP contribution in [0.5, 0.6) is 0 Å². The topological polar surface area (TPSA) is 85.3 Å². The molecule has 1 aliphatic carbocycles. The van der Waals surface area contributed by atoms with Crippen LogP contribution in [0, 0.1) is 12.8 Å². The van der Waals surface area contributed by atoms with Crippen molar-refractivity contribution < 1.29 is 22.4 Å². The van der Waals surface area contributed by atoms with Crippen molar-refractivity contribution in [3.8, 4) is 24.0 Å². The van der Waals surface area contributed by atoms with E-state index in [0.29, 0.717) is 35.2 Å². The third-order valence-electron chi connectivity index (χ3n) is 5.05. The number of carbonyl (C=O) groups excluding carboxylic acids is 1. The Morgan fingerprint density at radius 1 is 1.19 bits per heavy atom. The van der Waals surface area contributed by atoms with E-state index in [4.69, 9.17) is 5.73 Å². The lowest BCUT2D eigenvalue weighted by Gasteiger charge is -2.19. The molecule has 0 unspecified atom stereocenters. The van der Waals surface area contributed by atoms with Gasteiger partial charge in [0.2, 0.25) is 0 Å². The highest BCUT2D eigenvalue weighted by Crippen LogP contribution is 2.33. The average molecular weight is 433 g/mol. The van der Waals surface area contributed by atoms with E-state index in [9.17, 15) is 22.4 Å². The summed E-state index contributed by atoms with van der Waals surface area (Å²) in [6, 6.07) is 3.39. The molecule has 3 aromatic rings. The Morgan fingerprint density at radius 3 is 2.48 bits per heavy atom. The van der Waals surface area contributed by atoms with E-state index in [1.165, 1.54) is 16.8 Å². The molecule has 2 atom stereocenters. The second-order valence-corrected chi connectivity index (χ2v) is 6.98. The van der Waals surface area contributed by atoms with Crippen LogP contribution in [0.15, 0.2) is 36.8 Å². The minimum absolute atomic E-state index is 0.117. The smallest absolute Gasteiger partial charge is 0.377 e. The number of amides is 1. The average Bonchev–Trinajstić information content (AvgIpc) is 3.35. The third-order valence-corrected chi connectivity index (χ3v) is 5.05. The van der Waals surface area contributed by atoms with Gasteiger partial charge < -0.3 is 11.1 Å². The number of pyridine rings is 1. The zero-order valence-electron chi connectivity index (χ0n) is 16.2. The highest BCUT2D eigenvalue weighted by atomic mass is 19.4. The number of carbonyl (C=O) groups is 1. The number of alkyl halides is 4. The molecule has 0 aromatic carbocycles. The Balaban J connectivity index is 0.00000132. The summed E-state index contributed by atoms with van der Waals surface area (Å²) >= 11 is 0. The highest BCUT2D eigenvalue weighted by molar-refractivity contribution is 6.02. The minimum Gasteiger partial charge on any atom is -0.377 e. The predicted molar refractivity (Wildman–Crippen MR) is 108 cm³/mol. The maximum atomic E-state index is 14.1. The molecular weight excluding hydrogens is 414 g/mol. The molecule has 0 aliphatic heterocycles. The van der Waals surface area contributed by atoms with Crippen molar-refractivity contribution in [3.05, 3.63) is 48.0 Å². The fraction of sp³-hybridized carbons (Fsp3) is 0.286. The van der Waals surface area contributed by atoms with E-state index in [0.717, 1.165) is 18.7 Å². The Kier molecular flexibility index (Phi) is 6.15. The maximum Gasteiger partial charge on any atom is 0.433 e. The van der Waals surface area contributed by atoms with Gasteiger partial charge >= 0.3 is 6.18 Å². The zero-order valence-corrected chi connectivity index (χ0v) is 16.2. The van der Waals surface area contributed by atoms with Crippen LogP contribution < -0.4 is 11.1 Å². The van der Waals surface area contributed by atoms with E-state index in [-0.39, 0.29) is 5.56 Å². The standard InChI is InChI=1S/C19H17F4N5O.C2H2/c20-13-2-1-3-14(13)27-17-12(18(24)29)8-26-28-9-11(6-15(17)28)10-4-5-16(25-7-10)19(21,22)23;1-2/h4-9,13-14,27H,1-3H2,(H2,24,29);1-2H/t13-,14+;/m0./s1. The van der Waals surface area contributed by atoms with Crippen molar-refractivity contribution >= 4 is 17.1 Å². The lowest BCUT2D eigenvalue weighted by atomic mass is 10.1. The van der Waals surface area contributed by atoms with Gasteiger partial charge in [-0.3, -0.25) is 9.78 Å². The number of halogens is 4. The predicted octanol–water partition coefficient (Wildman–Crippen LogP) is 4.07. The molecule has 0 radical (unpaired) electrons. The van der Waals surface area contributed by atoms with Gasteiger partial charge in [-0.25, -0.2) is 8.91 Å². The molecule has 6 nitrogen and oxygen atoms in total. The van der Waals surface area contributed by atoms with Crippen molar-refractivity contribution in [1.82, 2.24) is 14.6 Å². The molecule has 0 spiro atoms. The van der Waals surface area contributed by atoms with Gasteiger partial charge in [0.25, 0.3) is 5.91 Å². The minimum atomic E-state index is -4.52. The van der Waals surface area contributed by atoms with Crippen LogP contribution >= 0.6 is 0 Å². The number of terminal acetylenes is 1. The summed E-state index contributed by atoms with van der Waals surface area (Å²) in [5.74, 6) is -0.713. The second kappa shape index (κ2) is 8.63. The van der Waals surface area contributed by atoms with E-state index < -0.39 is 30.0 Å². The van der Waals surface area contributed by atoms with E-state index in [1.807, 2.05) is 0 Å². The number of aromatic nitrogens is 3. The van der Waals surface area contributed by atoms with Gasteiger partial charge in [0.05, 0.1) is 29.0 Å². The molecule has 10 heteroatoms. The molecule has 3 aromatic heterocycles. The number of nitrogens with two attached hydrogens (primary N) is 1. The summed E-state index contributed by atoms with van der Waals surface area (Å²) in [4.78, 5) is 15.3. The fourth-order valence-corrected chi connectivity index (χ4v) is 3.55. The highest BCUT2D eigenvalue weighted by Gasteiger charge is 2.32. The zero-order chi connectivity index (χ0) is 22.8. The van der Waals surface area contributed by atoms with Crippen LogP contribution in [-0.4, -0.2) is 32.7 Å². The SMILES string of the molecule is C#C.NC(=O)c1cnn2cc(-c3ccc(C(F)(F)F)nc3)cc2c1N[C@@H]1CCC[C@@H]1F. The van der Waals surface area contributed by atoms with E-state index in [2.05, 4.69) is 28.2 Å². The number of nitrogens with one attached hydrogen (secondary N) is 1. The van der Waals surface area contributed by atoms with Gasteiger partial charge in [0, 0.05) is 23.5 Å². The molecule has 31 heavy (non-hydrogen) atoms. The van der Waals surface area contributed by atoms with Crippen molar-refractivity contribution in [2.24, 2.45) is 5.73 Å². The van der Waals surface area contributed by atoms with Crippen LogP contribution in [0.2, 0.25) is 0 Å². The molecule has 3 N–H and O–H groups in total. The number of rotatable bonds is 4. The summed E-state index contributed by atoms with van der Waals surface area (Å²) in [5.41, 5.74) is 6.39. The Hall–Kier alpha value is -3.61. The van der Waals surface area contributed by atoms with Crippen molar-refractivity contribution in [1.29, 1.82) is 0 Å². The summed E-state index contributed by atoms with van der Waals surface area (Å²) < 4.78 is 53.8. The first-order valence-corrected chi connectivity index (χ1v) is 9.33. The van der Waals surface area contributed by atoms with Crippen LogP contribution in [0.3, 0.4) is 0 Å². The van der Waals surface area contributed by atoms with Gasteiger partial charge in [0.15, 0.2) is 0 Å². The Morgan fingerprint density at radius 2 is 1.94 bits per heavy atom. The monoisotopic (exact) mass is 433 g/mol. The van der Waals surface area contributed by atoms with Crippen LogP contribution in [0.25, 0.3) is 16.6 Å². The van der Waals surface area contributed by atoms with Crippen LogP contribution in [-0.2, 0) is 6.18 Å². The van der Waals surface area contributed by atoms with Crippen molar-refractivity contribution in [2.45, 2.75) is 37.7 Å². The van der Waals surface area contributed by atoms with Crippen LogP contribution in [0.1, 0.15) is 35.3 Å². The molecule has 4 rings (SSSR count). The number of anilines is 1. The second-order valence-electron chi connectivity index (χ2n) is 6.98. The molecule has 0 bridgehead atoms. The molecule has 1 fully saturated rings. The number of hydrogen-bond donors (Lipinski definition) is 2. The third kappa shape index (κ3) is 4.45. The molecule has 1 aliphatic rings. The largest absolute Gasteiger partial charge is 0.433 e. The Bertz CT molecular complexity index is 1100. The summed E-state index contributed by atoms with van der Waals surface area (Å²) in [6.45, 7) is 0. The normalized spacial score (nSPS) is 18.4. The maximum absolute atomic E-state index is 14.1. The summed E-state index contributed by atoms with van der Waals surface area (Å²) in [5, 5.41) is 7.22. The summed E-state index contributed by atoms with van der Waals surface area (Å²) in [6.07, 6.45) is 8.22. The summed E-state index contributed by atoms with van der Waals surface area (Å²) in [7, 11) is 0. The lowest BCUT2D eigenvalue weighted by molar-refractivity contribution is -0.141. The van der Waals surface area contributed by atoms with E-state index in [1.54, 1.807) is 12.3 Å². The molecular formula is C21H19F4N5O. The van der Waals surface area contributed by atoms with Crippen LogP contribution in [0.4, 0.5) is 23.2 Å². The van der Waals surface area contributed by atoms with Crippen molar-refractivity contribution in [3.63, 3.8) is 0 Å². The van der Waals surface area contributed by atoms with Gasteiger partial charge in [-0.1, -0.05) is 6.07 Å². The quantitative estimate of drug-likeness (QED) is 0.480. The molecule has 1 amide bonds. The Labute approximate surface area is 175 Å². The molecule has 0 saturated heterocycles. The first-order chi connectivity index (χ1) is 14.7. The first kappa shape index (κ1) is 22.1. The van der Waals surface area contributed by atoms with Crippen molar-refractivity contribution in [2.75, 3.05) is 5.32 Å². The molecule has 1 saturated carbocycles. The number of nitrogens with zero attached hydrogens (tertiary/aromatic N) is 3. The number of fused-ring (bicyclic) bond motifs is 1. The van der Waals surface area contributed by atoms with Gasteiger partial charge in [0.1, 0.15) is 11.9 Å². The van der Waals surface area contributed by atoms with Gasteiger partial charge in [-0.2, -0.15) is 18.3 Å². The lowest BCUT2D eigenvalue weighted by Crippen LogP contribution is -2.27.